The predicted molar refractivity (Wildman–Crippen MR) is 75.1 cm³/mol. The molecule has 0 amide bonds. The average molecular weight is 286 g/mol. The quantitative estimate of drug-likeness (QED) is 0.798. The van der Waals surface area contributed by atoms with Gasteiger partial charge in [-0.05, 0) is 29.6 Å². The Kier molecular flexibility index (Phi) is 3.30. The van der Waals surface area contributed by atoms with Crippen LogP contribution in [0.15, 0.2) is 42.0 Å². The normalized spacial score (nSPS) is 10.6. The van der Waals surface area contributed by atoms with Gasteiger partial charge in [0.1, 0.15) is 12.9 Å². The summed E-state index contributed by atoms with van der Waals surface area (Å²) in [7, 11) is 0. The van der Waals surface area contributed by atoms with Crippen LogP contribution in [0.25, 0.3) is 10.9 Å². The zero-order chi connectivity index (χ0) is 13.9. The monoisotopic (exact) mass is 286 g/mol. The molecule has 0 saturated carbocycles. The first-order chi connectivity index (χ1) is 9.74. The van der Waals surface area contributed by atoms with E-state index >= 15 is 0 Å². The van der Waals surface area contributed by atoms with Gasteiger partial charge in [0.2, 0.25) is 5.88 Å². The van der Waals surface area contributed by atoms with E-state index in [4.69, 9.17) is 9.84 Å². The second-order valence-corrected chi connectivity index (χ2v) is 5.12. The largest absolute Gasteiger partial charge is 0.478 e. The van der Waals surface area contributed by atoms with Gasteiger partial charge < -0.3 is 9.84 Å². The van der Waals surface area contributed by atoms with Crippen LogP contribution in [0, 0.1) is 0 Å². The first-order valence-electron chi connectivity index (χ1n) is 5.87. The molecule has 0 unspecified atom stereocenters. The zero-order valence-corrected chi connectivity index (χ0v) is 11.1. The molecule has 0 spiro atoms. The smallest absolute Gasteiger partial charge is 0.335 e. The maximum absolute atomic E-state index is 10.9. The number of thiophene rings is 1. The number of fused-ring (bicyclic) bond motifs is 1. The number of hydrogen-bond acceptors (Lipinski definition) is 5. The summed E-state index contributed by atoms with van der Waals surface area (Å²) >= 11 is 1.61. The second kappa shape index (κ2) is 5.26. The van der Waals surface area contributed by atoms with Gasteiger partial charge in [-0.2, -0.15) is 0 Å². The van der Waals surface area contributed by atoms with Crippen molar-refractivity contribution in [3.8, 4) is 5.88 Å². The SMILES string of the molecule is O=C(O)c1ccc2c(OCc3cccs3)ncnc2c1. The van der Waals surface area contributed by atoms with E-state index in [0.29, 0.717) is 23.4 Å². The highest BCUT2D eigenvalue weighted by Gasteiger charge is 2.09. The summed E-state index contributed by atoms with van der Waals surface area (Å²) in [6.07, 6.45) is 1.37. The number of aromatic nitrogens is 2. The van der Waals surface area contributed by atoms with Crippen LogP contribution in [0.4, 0.5) is 0 Å². The summed E-state index contributed by atoms with van der Waals surface area (Å²) in [6, 6.07) is 8.64. The molecule has 1 aromatic carbocycles. The van der Waals surface area contributed by atoms with Crippen molar-refractivity contribution in [2.75, 3.05) is 0 Å². The van der Waals surface area contributed by atoms with Gasteiger partial charge in [-0.25, -0.2) is 14.8 Å². The molecule has 3 rings (SSSR count). The lowest BCUT2D eigenvalue weighted by atomic mass is 10.1. The summed E-state index contributed by atoms with van der Waals surface area (Å²) in [5, 5.41) is 11.7. The van der Waals surface area contributed by atoms with Gasteiger partial charge in [-0.15, -0.1) is 11.3 Å². The molecule has 0 atom stereocenters. The fourth-order valence-corrected chi connectivity index (χ4v) is 2.43. The van der Waals surface area contributed by atoms with Gasteiger partial charge in [0.05, 0.1) is 16.5 Å². The number of nitrogens with zero attached hydrogens (tertiary/aromatic N) is 2. The van der Waals surface area contributed by atoms with Gasteiger partial charge in [0, 0.05) is 4.88 Å². The summed E-state index contributed by atoms with van der Waals surface area (Å²) in [5.41, 5.74) is 0.751. The number of carbonyl (C=O) groups is 1. The van der Waals surface area contributed by atoms with Crippen molar-refractivity contribution in [2.24, 2.45) is 0 Å². The number of aromatic carboxylic acids is 1. The lowest BCUT2D eigenvalue weighted by molar-refractivity contribution is 0.0697. The highest BCUT2D eigenvalue weighted by atomic mass is 32.1. The van der Waals surface area contributed by atoms with Crippen LogP contribution in [0.2, 0.25) is 0 Å². The molecule has 1 N–H and O–H groups in total. The molecule has 6 heteroatoms. The third-order valence-electron chi connectivity index (χ3n) is 2.78. The Bertz CT molecular complexity index is 756. The minimum atomic E-state index is -0.980. The Balaban J connectivity index is 1.93. The Morgan fingerprint density at radius 3 is 2.95 bits per heavy atom. The minimum Gasteiger partial charge on any atom is -0.478 e. The van der Waals surface area contributed by atoms with E-state index in [0.717, 1.165) is 4.88 Å². The molecule has 100 valence electrons. The Morgan fingerprint density at radius 1 is 1.30 bits per heavy atom. The van der Waals surface area contributed by atoms with Crippen molar-refractivity contribution >= 4 is 28.2 Å². The van der Waals surface area contributed by atoms with Crippen molar-refractivity contribution in [1.82, 2.24) is 9.97 Å². The third kappa shape index (κ3) is 2.46. The molecule has 0 aliphatic heterocycles. The van der Waals surface area contributed by atoms with Crippen LogP contribution < -0.4 is 4.74 Å². The van der Waals surface area contributed by atoms with E-state index in [1.54, 1.807) is 17.4 Å². The summed E-state index contributed by atoms with van der Waals surface area (Å²) in [5.74, 6) is -0.521. The molecular formula is C14H10N2O3S. The number of benzene rings is 1. The highest BCUT2D eigenvalue weighted by molar-refractivity contribution is 7.09. The topological polar surface area (TPSA) is 72.3 Å². The molecule has 0 aliphatic rings. The van der Waals surface area contributed by atoms with Gasteiger partial charge in [-0.3, -0.25) is 0 Å². The van der Waals surface area contributed by atoms with Gasteiger partial charge in [0.15, 0.2) is 0 Å². The van der Waals surface area contributed by atoms with E-state index in [9.17, 15) is 4.79 Å². The Hall–Kier alpha value is -2.47. The summed E-state index contributed by atoms with van der Waals surface area (Å²) in [4.78, 5) is 20.2. The van der Waals surface area contributed by atoms with Gasteiger partial charge >= 0.3 is 5.97 Å². The van der Waals surface area contributed by atoms with Gasteiger partial charge in [-0.1, -0.05) is 6.07 Å². The van der Waals surface area contributed by atoms with Crippen LogP contribution in [0.3, 0.4) is 0 Å². The van der Waals surface area contributed by atoms with Crippen LogP contribution in [-0.4, -0.2) is 21.0 Å². The molecule has 0 aliphatic carbocycles. The molecule has 0 saturated heterocycles. The molecule has 0 bridgehead atoms. The molecule has 2 aromatic heterocycles. The van der Waals surface area contributed by atoms with E-state index in [1.807, 2.05) is 17.5 Å². The molecule has 2 heterocycles. The summed E-state index contributed by atoms with van der Waals surface area (Å²) < 4.78 is 5.68. The number of hydrogen-bond donors (Lipinski definition) is 1. The maximum atomic E-state index is 10.9. The number of carboxylic acid groups (broad SMARTS) is 1. The lowest BCUT2D eigenvalue weighted by Crippen LogP contribution is -1.99. The average Bonchev–Trinajstić information content (AvgIpc) is 2.97. The molecule has 0 fully saturated rings. The van der Waals surface area contributed by atoms with Crippen LogP contribution in [0.1, 0.15) is 15.2 Å². The van der Waals surface area contributed by atoms with E-state index in [1.165, 1.54) is 18.5 Å². The summed E-state index contributed by atoms with van der Waals surface area (Å²) in [6.45, 7) is 0.435. The van der Waals surface area contributed by atoms with E-state index < -0.39 is 5.97 Å². The highest BCUT2D eigenvalue weighted by Crippen LogP contribution is 2.23. The standard InChI is InChI=1S/C14H10N2O3S/c17-14(18)9-3-4-11-12(6-9)15-8-16-13(11)19-7-10-2-1-5-20-10/h1-6,8H,7H2,(H,17,18). The number of rotatable bonds is 4. The van der Waals surface area contributed by atoms with E-state index in [2.05, 4.69) is 9.97 Å². The van der Waals surface area contributed by atoms with Gasteiger partial charge in [0.25, 0.3) is 0 Å². The molecule has 20 heavy (non-hydrogen) atoms. The van der Waals surface area contributed by atoms with Crippen molar-refractivity contribution in [3.05, 3.63) is 52.5 Å². The molecule has 3 aromatic rings. The number of ether oxygens (including phenoxy) is 1. The molecule has 5 nitrogen and oxygen atoms in total. The third-order valence-corrected chi connectivity index (χ3v) is 3.63. The second-order valence-electron chi connectivity index (χ2n) is 4.08. The molecular weight excluding hydrogens is 276 g/mol. The van der Waals surface area contributed by atoms with Crippen molar-refractivity contribution < 1.29 is 14.6 Å². The lowest BCUT2D eigenvalue weighted by Gasteiger charge is -2.07. The number of carboxylic acids is 1. The first kappa shape index (κ1) is 12.6. The van der Waals surface area contributed by atoms with Crippen LogP contribution in [0.5, 0.6) is 5.88 Å². The minimum absolute atomic E-state index is 0.195. The van der Waals surface area contributed by atoms with Crippen molar-refractivity contribution in [2.45, 2.75) is 6.61 Å². The fraction of sp³-hybridized carbons (Fsp3) is 0.0714. The van der Waals surface area contributed by atoms with Crippen molar-refractivity contribution in [1.29, 1.82) is 0 Å². The van der Waals surface area contributed by atoms with E-state index in [-0.39, 0.29) is 5.56 Å². The van der Waals surface area contributed by atoms with Crippen molar-refractivity contribution in [3.63, 3.8) is 0 Å². The predicted octanol–water partition coefficient (Wildman–Crippen LogP) is 2.97. The Labute approximate surface area is 118 Å². The maximum Gasteiger partial charge on any atom is 0.335 e. The zero-order valence-electron chi connectivity index (χ0n) is 10.3. The first-order valence-corrected chi connectivity index (χ1v) is 6.75. The Morgan fingerprint density at radius 2 is 2.20 bits per heavy atom. The fourth-order valence-electron chi connectivity index (χ4n) is 1.81. The van der Waals surface area contributed by atoms with Crippen LogP contribution in [-0.2, 0) is 6.61 Å². The van der Waals surface area contributed by atoms with Crippen LogP contribution >= 0.6 is 11.3 Å². The molecule has 0 radical (unpaired) electrons.